The van der Waals surface area contributed by atoms with Crippen LogP contribution in [0.15, 0.2) is 12.1 Å². The van der Waals surface area contributed by atoms with Crippen molar-refractivity contribution in [3.63, 3.8) is 0 Å². The summed E-state index contributed by atoms with van der Waals surface area (Å²) >= 11 is 12.2. The van der Waals surface area contributed by atoms with Gasteiger partial charge in [-0.05, 0) is 18.6 Å². The second-order valence-electron chi connectivity index (χ2n) is 4.45. The highest BCUT2D eigenvalue weighted by atomic mass is 35.5. The molecule has 0 fully saturated rings. The summed E-state index contributed by atoms with van der Waals surface area (Å²) in [7, 11) is 0. The van der Waals surface area contributed by atoms with Crippen molar-refractivity contribution in [2.75, 3.05) is 13.2 Å². The van der Waals surface area contributed by atoms with Gasteiger partial charge in [0.05, 0.1) is 18.2 Å². The van der Waals surface area contributed by atoms with Crippen molar-refractivity contribution in [3.05, 3.63) is 27.7 Å². The van der Waals surface area contributed by atoms with E-state index in [1.54, 1.807) is 6.07 Å². The van der Waals surface area contributed by atoms with Crippen molar-refractivity contribution in [1.29, 1.82) is 0 Å². The molecule has 0 saturated heterocycles. The van der Waals surface area contributed by atoms with E-state index in [-0.39, 0.29) is 18.7 Å². The fourth-order valence-electron chi connectivity index (χ4n) is 2.18. The van der Waals surface area contributed by atoms with Crippen LogP contribution in [0, 0.1) is 0 Å². The van der Waals surface area contributed by atoms with Crippen molar-refractivity contribution >= 4 is 23.2 Å². The number of fused-ring (bicyclic) bond motifs is 1. The van der Waals surface area contributed by atoms with Gasteiger partial charge in [0, 0.05) is 29.1 Å². The van der Waals surface area contributed by atoms with Crippen molar-refractivity contribution < 1.29 is 9.84 Å². The highest BCUT2D eigenvalue weighted by Gasteiger charge is 2.25. The first-order valence-electron chi connectivity index (χ1n) is 6.14. The SMILES string of the molecule is CC[C@@H](CO)NC1CCOc2c(Cl)cc(Cl)cc21. The minimum absolute atomic E-state index is 0.0821. The van der Waals surface area contributed by atoms with Crippen molar-refractivity contribution in [3.8, 4) is 5.75 Å². The van der Waals surface area contributed by atoms with E-state index in [2.05, 4.69) is 5.32 Å². The summed E-state index contributed by atoms with van der Waals surface area (Å²) in [5, 5.41) is 13.8. The predicted octanol–water partition coefficient (Wildman–Crippen LogP) is 3.18. The molecule has 1 aromatic carbocycles. The number of ether oxygens (including phenoxy) is 1. The molecule has 2 rings (SSSR count). The van der Waals surface area contributed by atoms with Crippen molar-refractivity contribution in [2.24, 2.45) is 0 Å². The average Bonchev–Trinajstić information content (AvgIpc) is 2.36. The summed E-state index contributed by atoms with van der Waals surface area (Å²) < 4.78 is 5.60. The van der Waals surface area contributed by atoms with Gasteiger partial charge in [0.25, 0.3) is 0 Å². The second kappa shape index (κ2) is 6.11. The van der Waals surface area contributed by atoms with E-state index in [4.69, 9.17) is 27.9 Å². The van der Waals surface area contributed by atoms with Crippen LogP contribution in [0.1, 0.15) is 31.4 Å². The second-order valence-corrected chi connectivity index (χ2v) is 5.29. The van der Waals surface area contributed by atoms with E-state index in [1.807, 2.05) is 13.0 Å². The van der Waals surface area contributed by atoms with Gasteiger partial charge in [-0.25, -0.2) is 0 Å². The highest BCUT2D eigenvalue weighted by molar-refractivity contribution is 6.35. The normalized spacial score (nSPS) is 20.1. The van der Waals surface area contributed by atoms with Gasteiger partial charge in [0.1, 0.15) is 5.75 Å². The number of rotatable bonds is 4. The zero-order valence-electron chi connectivity index (χ0n) is 10.2. The largest absolute Gasteiger partial charge is 0.492 e. The Morgan fingerprint density at radius 1 is 1.50 bits per heavy atom. The molecule has 1 unspecified atom stereocenters. The molecule has 5 heteroatoms. The van der Waals surface area contributed by atoms with Crippen LogP contribution in [0.2, 0.25) is 10.0 Å². The third-order valence-electron chi connectivity index (χ3n) is 3.22. The number of aliphatic hydroxyl groups excluding tert-OH is 1. The Morgan fingerprint density at radius 3 is 2.94 bits per heavy atom. The lowest BCUT2D eigenvalue weighted by molar-refractivity contribution is 0.201. The van der Waals surface area contributed by atoms with Crippen LogP contribution in [-0.4, -0.2) is 24.4 Å². The quantitative estimate of drug-likeness (QED) is 0.895. The van der Waals surface area contributed by atoms with Crippen LogP contribution >= 0.6 is 23.2 Å². The molecule has 0 aliphatic carbocycles. The van der Waals surface area contributed by atoms with Crippen LogP contribution in [-0.2, 0) is 0 Å². The van der Waals surface area contributed by atoms with Gasteiger partial charge in [-0.15, -0.1) is 0 Å². The summed E-state index contributed by atoms with van der Waals surface area (Å²) in [4.78, 5) is 0. The Kier molecular flexibility index (Phi) is 4.73. The molecular weight excluding hydrogens is 273 g/mol. The minimum atomic E-state index is 0.0821. The summed E-state index contributed by atoms with van der Waals surface area (Å²) in [5.41, 5.74) is 0.977. The zero-order valence-corrected chi connectivity index (χ0v) is 11.8. The van der Waals surface area contributed by atoms with Gasteiger partial charge in [-0.3, -0.25) is 0 Å². The van der Waals surface area contributed by atoms with Crippen LogP contribution in [0.5, 0.6) is 5.75 Å². The summed E-state index contributed by atoms with van der Waals surface area (Å²) in [6.45, 7) is 2.78. The monoisotopic (exact) mass is 289 g/mol. The van der Waals surface area contributed by atoms with Crippen LogP contribution in [0.3, 0.4) is 0 Å². The molecule has 0 spiro atoms. The molecule has 1 aromatic rings. The van der Waals surface area contributed by atoms with Gasteiger partial charge in [0.2, 0.25) is 0 Å². The molecule has 0 aromatic heterocycles. The van der Waals surface area contributed by atoms with E-state index >= 15 is 0 Å². The molecule has 2 N–H and O–H groups in total. The number of hydrogen-bond donors (Lipinski definition) is 2. The third-order valence-corrected chi connectivity index (χ3v) is 3.71. The number of aliphatic hydroxyl groups is 1. The Morgan fingerprint density at radius 2 is 2.28 bits per heavy atom. The van der Waals surface area contributed by atoms with Gasteiger partial charge < -0.3 is 15.2 Å². The molecule has 18 heavy (non-hydrogen) atoms. The Labute approximate surface area is 117 Å². The lowest BCUT2D eigenvalue weighted by atomic mass is 9.99. The number of nitrogens with one attached hydrogen (secondary N) is 1. The first-order chi connectivity index (χ1) is 8.65. The van der Waals surface area contributed by atoms with Crippen molar-refractivity contribution in [1.82, 2.24) is 5.32 Å². The Bertz CT molecular complexity index is 422. The lowest BCUT2D eigenvalue weighted by Gasteiger charge is -2.30. The predicted molar refractivity (Wildman–Crippen MR) is 73.6 cm³/mol. The lowest BCUT2D eigenvalue weighted by Crippen LogP contribution is -2.37. The number of halogens is 2. The summed E-state index contributed by atoms with van der Waals surface area (Å²) in [6.07, 6.45) is 1.72. The maximum absolute atomic E-state index is 9.27. The van der Waals surface area contributed by atoms with Gasteiger partial charge >= 0.3 is 0 Å². The molecule has 2 atom stereocenters. The molecule has 0 radical (unpaired) electrons. The first-order valence-corrected chi connectivity index (χ1v) is 6.90. The van der Waals surface area contributed by atoms with E-state index in [9.17, 15) is 5.11 Å². The molecule has 0 saturated carbocycles. The fourth-order valence-corrected chi connectivity index (χ4v) is 2.75. The fraction of sp³-hybridized carbons (Fsp3) is 0.538. The molecule has 3 nitrogen and oxygen atoms in total. The minimum Gasteiger partial charge on any atom is -0.492 e. The van der Waals surface area contributed by atoms with Crippen molar-refractivity contribution in [2.45, 2.75) is 31.8 Å². The van der Waals surface area contributed by atoms with E-state index in [1.165, 1.54) is 0 Å². The average molecular weight is 290 g/mol. The standard InChI is InChI=1S/C13H17Cl2NO2/c1-2-9(7-17)16-12-3-4-18-13-10(12)5-8(14)6-11(13)15/h5-6,9,12,16-17H,2-4,7H2,1H3/t9-,12?/m0/s1. The third kappa shape index (κ3) is 2.91. The molecule has 0 amide bonds. The smallest absolute Gasteiger partial charge is 0.142 e. The summed E-state index contributed by atoms with van der Waals surface area (Å²) in [6, 6.07) is 3.78. The van der Waals surface area contributed by atoms with Gasteiger partial charge in [-0.2, -0.15) is 0 Å². The van der Waals surface area contributed by atoms with Crippen LogP contribution < -0.4 is 10.1 Å². The highest BCUT2D eigenvalue weighted by Crippen LogP contribution is 2.40. The van der Waals surface area contributed by atoms with Gasteiger partial charge in [0.15, 0.2) is 0 Å². The molecule has 1 heterocycles. The first kappa shape index (κ1) is 13.9. The molecule has 0 bridgehead atoms. The zero-order chi connectivity index (χ0) is 13.1. The molecular formula is C13H17Cl2NO2. The Hall–Kier alpha value is -0.480. The number of hydrogen-bond acceptors (Lipinski definition) is 3. The van der Waals surface area contributed by atoms with Crippen LogP contribution in [0.25, 0.3) is 0 Å². The topological polar surface area (TPSA) is 41.5 Å². The van der Waals surface area contributed by atoms with Gasteiger partial charge in [-0.1, -0.05) is 30.1 Å². The maximum Gasteiger partial charge on any atom is 0.142 e. The maximum atomic E-state index is 9.27. The number of benzene rings is 1. The Balaban J connectivity index is 2.27. The molecule has 1 aliphatic heterocycles. The van der Waals surface area contributed by atoms with E-state index in [0.717, 1.165) is 18.4 Å². The van der Waals surface area contributed by atoms with Crippen LogP contribution in [0.4, 0.5) is 0 Å². The molecule has 1 aliphatic rings. The summed E-state index contributed by atoms with van der Waals surface area (Å²) in [5.74, 6) is 0.706. The van der Waals surface area contributed by atoms with E-state index < -0.39 is 0 Å². The molecule has 100 valence electrons. The van der Waals surface area contributed by atoms with E-state index in [0.29, 0.717) is 22.4 Å².